The van der Waals surface area contributed by atoms with Gasteiger partial charge in [0.25, 0.3) is 0 Å². The molecule has 190 valence electrons. The number of nitrogens with zero attached hydrogens (tertiary/aromatic N) is 1. The van der Waals surface area contributed by atoms with Gasteiger partial charge in [-0.05, 0) is 71.9 Å². The Morgan fingerprint density at radius 3 is 2.71 bits per heavy atom. The van der Waals surface area contributed by atoms with Crippen molar-refractivity contribution in [1.82, 2.24) is 10.4 Å². The number of fused-ring (bicyclic) bond motifs is 2. The molecule has 1 aromatic rings. The van der Waals surface area contributed by atoms with Crippen molar-refractivity contribution in [2.75, 3.05) is 13.2 Å². The smallest absolute Gasteiger partial charge is 0.240 e. The number of amides is 1. The summed E-state index contributed by atoms with van der Waals surface area (Å²) in [5.74, 6) is 1.65. The van der Waals surface area contributed by atoms with Gasteiger partial charge in [-0.25, -0.2) is 0 Å². The molecule has 4 aliphatic rings. The number of carbonyl (C=O) groups is 1. The predicted octanol–water partition coefficient (Wildman–Crippen LogP) is 3.51. The molecule has 1 aromatic carbocycles. The molecule has 5 rings (SSSR count). The van der Waals surface area contributed by atoms with Crippen molar-refractivity contribution < 1.29 is 24.6 Å². The lowest BCUT2D eigenvalue weighted by Gasteiger charge is -2.62. The SMILES string of the molecule is CCOc1c(Br)cccc1CN1O[C@@H](CO)[C@@H]([C@H](C)O)[C@H]1C(=O)N[C@H]1C[C@@H]2C[C@H]([C@@H]1C)C2(C)C. The average molecular weight is 540 g/mol. The van der Waals surface area contributed by atoms with Crippen molar-refractivity contribution in [1.29, 1.82) is 0 Å². The monoisotopic (exact) mass is 538 g/mol. The number of aliphatic hydroxyl groups excluding tert-OH is 2. The molecule has 3 saturated carbocycles. The molecule has 7 nitrogen and oxygen atoms in total. The highest BCUT2D eigenvalue weighted by Crippen LogP contribution is 2.61. The van der Waals surface area contributed by atoms with Crippen LogP contribution in [-0.2, 0) is 16.2 Å². The van der Waals surface area contributed by atoms with E-state index in [1.54, 1.807) is 12.0 Å². The van der Waals surface area contributed by atoms with E-state index in [-0.39, 0.29) is 18.6 Å². The van der Waals surface area contributed by atoms with Gasteiger partial charge in [-0.1, -0.05) is 32.9 Å². The number of nitrogens with one attached hydrogen (secondary N) is 1. The molecular weight excluding hydrogens is 500 g/mol. The van der Waals surface area contributed by atoms with Crippen LogP contribution in [0.3, 0.4) is 0 Å². The fourth-order valence-corrected chi connectivity index (χ4v) is 7.16. The van der Waals surface area contributed by atoms with Gasteiger partial charge >= 0.3 is 0 Å². The number of hydrogen-bond donors (Lipinski definition) is 3. The van der Waals surface area contributed by atoms with Gasteiger partial charge in [-0.2, -0.15) is 5.06 Å². The Morgan fingerprint density at radius 1 is 1.38 bits per heavy atom. The highest BCUT2D eigenvalue weighted by Gasteiger charge is 2.57. The standard InChI is InChI=1S/C26H39BrN2O5/c1-6-33-24-16(8-7-9-19(24)27)12-29-23(22(15(3)31)21(13-30)34-29)25(32)28-20-11-17-10-18(14(20)2)26(17,4)5/h7-9,14-15,17-18,20-23,30-31H,6,10-13H2,1-5H3,(H,28,32)/t14-,15-,17-,18+,20-,21-,22+,23-/m0/s1. The number of hydrogen-bond acceptors (Lipinski definition) is 6. The minimum Gasteiger partial charge on any atom is -0.492 e. The summed E-state index contributed by atoms with van der Waals surface area (Å²) in [4.78, 5) is 19.8. The molecule has 3 aliphatic carbocycles. The molecule has 8 atom stereocenters. The summed E-state index contributed by atoms with van der Waals surface area (Å²) in [5, 5.41) is 25.5. The van der Waals surface area contributed by atoms with E-state index in [0.717, 1.165) is 16.5 Å². The van der Waals surface area contributed by atoms with Gasteiger partial charge in [0, 0.05) is 17.5 Å². The summed E-state index contributed by atoms with van der Waals surface area (Å²) in [7, 11) is 0. The summed E-state index contributed by atoms with van der Waals surface area (Å²) in [5.41, 5.74) is 1.20. The number of carbonyl (C=O) groups excluding carboxylic acids is 1. The van der Waals surface area contributed by atoms with Crippen LogP contribution in [0.2, 0.25) is 0 Å². The second kappa shape index (κ2) is 10.1. The number of aliphatic hydroxyl groups is 2. The number of para-hydroxylation sites is 1. The van der Waals surface area contributed by atoms with Gasteiger partial charge in [0.1, 0.15) is 17.9 Å². The molecule has 3 N–H and O–H groups in total. The maximum absolute atomic E-state index is 13.7. The van der Waals surface area contributed by atoms with Crippen LogP contribution >= 0.6 is 15.9 Å². The largest absolute Gasteiger partial charge is 0.492 e. The molecular formula is C26H39BrN2O5. The molecule has 1 aliphatic heterocycles. The number of hydroxylamine groups is 2. The summed E-state index contributed by atoms with van der Waals surface area (Å²) >= 11 is 3.55. The van der Waals surface area contributed by atoms with Crippen LogP contribution in [0.25, 0.3) is 0 Å². The second-order valence-electron chi connectivity index (χ2n) is 10.9. The van der Waals surface area contributed by atoms with Crippen LogP contribution in [0.4, 0.5) is 0 Å². The molecule has 0 unspecified atom stereocenters. The topological polar surface area (TPSA) is 91.3 Å². The molecule has 0 aromatic heterocycles. The second-order valence-corrected chi connectivity index (χ2v) is 11.8. The first-order valence-electron chi connectivity index (χ1n) is 12.5. The molecule has 34 heavy (non-hydrogen) atoms. The van der Waals surface area contributed by atoms with Crippen LogP contribution in [0, 0.1) is 29.1 Å². The van der Waals surface area contributed by atoms with E-state index in [4.69, 9.17) is 9.57 Å². The highest BCUT2D eigenvalue weighted by molar-refractivity contribution is 9.10. The predicted molar refractivity (Wildman–Crippen MR) is 133 cm³/mol. The van der Waals surface area contributed by atoms with Gasteiger partial charge < -0.3 is 20.3 Å². The van der Waals surface area contributed by atoms with Crippen molar-refractivity contribution in [3.63, 3.8) is 0 Å². The Balaban J connectivity index is 1.57. The van der Waals surface area contributed by atoms with Crippen molar-refractivity contribution in [2.45, 2.75) is 78.3 Å². The molecule has 0 radical (unpaired) electrons. The minimum atomic E-state index is -0.817. The van der Waals surface area contributed by atoms with Crippen LogP contribution in [0.1, 0.15) is 53.0 Å². The third kappa shape index (κ3) is 4.52. The first-order valence-corrected chi connectivity index (χ1v) is 13.3. The lowest BCUT2D eigenvalue weighted by Crippen LogP contribution is -2.62. The zero-order valence-corrected chi connectivity index (χ0v) is 22.4. The molecule has 2 bridgehead atoms. The van der Waals surface area contributed by atoms with E-state index < -0.39 is 24.2 Å². The summed E-state index contributed by atoms with van der Waals surface area (Å²) in [6, 6.07) is 5.16. The molecule has 1 saturated heterocycles. The summed E-state index contributed by atoms with van der Waals surface area (Å²) < 4.78 is 6.67. The maximum atomic E-state index is 13.7. The van der Waals surface area contributed by atoms with Crippen molar-refractivity contribution in [2.24, 2.45) is 29.1 Å². The Hall–Kier alpha value is -1.19. The first kappa shape index (κ1) is 25.9. The zero-order chi connectivity index (χ0) is 24.8. The molecule has 8 heteroatoms. The molecule has 1 heterocycles. The quantitative estimate of drug-likeness (QED) is 0.469. The molecule has 1 amide bonds. The van der Waals surface area contributed by atoms with Gasteiger partial charge in [0.05, 0.1) is 30.3 Å². The Labute approximate surface area is 211 Å². The lowest BCUT2D eigenvalue weighted by atomic mass is 9.45. The van der Waals surface area contributed by atoms with Gasteiger partial charge in [0.15, 0.2) is 0 Å². The van der Waals surface area contributed by atoms with Gasteiger partial charge in [-0.3, -0.25) is 9.63 Å². The number of rotatable bonds is 8. The molecule has 0 spiro atoms. The van der Waals surface area contributed by atoms with E-state index in [0.29, 0.717) is 42.1 Å². The van der Waals surface area contributed by atoms with E-state index in [1.165, 1.54) is 6.42 Å². The average Bonchev–Trinajstić information content (AvgIpc) is 3.15. The van der Waals surface area contributed by atoms with Crippen LogP contribution in [0.5, 0.6) is 5.75 Å². The van der Waals surface area contributed by atoms with Crippen LogP contribution in [0.15, 0.2) is 22.7 Å². The fourth-order valence-electron chi connectivity index (χ4n) is 6.64. The summed E-state index contributed by atoms with van der Waals surface area (Å²) in [6.45, 7) is 11.0. The van der Waals surface area contributed by atoms with E-state index in [9.17, 15) is 15.0 Å². The number of benzene rings is 1. The fraction of sp³-hybridized carbons (Fsp3) is 0.731. The zero-order valence-electron chi connectivity index (χ0n) is 20.8. The lowest BCUT2D eigenvalue weighted by molar-refractivity contribution is -0.183. The Bertz CT molecular complexity index is 894. The third-order valence-corrected chi connectivity index (χ3v) is 9.35. The highest BCUT2D eigenvalue weighted by atomic mass is 79.9. The van der Waals surface area contributed by atoms with Crippen molar-refractivity contribution in [3.8, 4) is 5.75 Å². The van der Waals surface area contributed by atoms with E-state index >= 15 is 0 Å². The number of halogens is 1. The first-order chi connectivity index (χ1) is 16.1. The van der Waals surface area contributed by atoms with Crippen LogP contribution in [-0.4, -0.2) is 58.7 Å². The van der Waals surface area contributed by atoms with Crippen molar-refractivity contribution in [3.05, 3.63) is 28.2 Å². The van der Waals surface area contributed by atoms with Crippen molar-refractivity contribution >= 4 is 21.8 Å². The number of ether oxygens (including phenoxy) is 1. The van der Waals surface area contributed by atoms with E-state index in [2.05, 4.69) is 42.0 Å². The minimum absolute atomic E-state index is 0.110. The molecule has 4 fully saturated rings. The Kier molecular flexibility index (Phi) is 7.65. The summed E-state index contributed by atoms with van der Waals surface area (Å²) in [6.07, 6.45) is 0.746. The third-order valence-electron chi connectivity index (χ3n) is 8.73. The maximum Gasteiger partial charge on any atom is 0.240 e. The Morgan fingerprint density at radius 2 is 2.12 bits per heavy atom. The van der Waals surface area contributed by atoms with E-state index in [1.807, 2.05) is 25.1 Å². The normalized spacial score (nSPS) is 35.5. The van der Waals surface area contributed by atoms with Gasteiger partial charge in [-0.15, -0.1) is 0 Å². The van der Waals surface area contributed by atoms with Crippen LogP contribution < -0.4 is 10.1 Å². The van der Waals surface area contributed by atoms with Gasteiger partial charge in [0.2, 0.25) is 5.91 Å².